The fourth-order valence-corrected chi connectivity index (χ4v) is 3.60. The molecule has 4 heteroatoms. The third kappa shape index (κ3) is 4.27. The van der Waals surface area contributed by atoms with Crippen LogP contribution in [0.1, 0.15) is 34.6 Å². The molecule has 0 heterocycles. The number of ether oxygens (including phenoxy) is 1. The molecule has 0 fully saturated rings. The Kier molecular flexibility index (Phi) is 5.84. The lowest BCUT2D eigenvalue weighted by atomic mass is 9.85. The van der Waals surface area contributed by atoms with Crippen LogP contribution in [0.5, 0.6) is 0 Å². The number of fused-ring (bicyclic) bond motifs is 2. The van der Waals surface area contributed by atoms with Crippen molar-refractivity contribution in [2.75, 3.05) is 20.3 Å². The standard InChI is InChI=1S/C21H25NO3/c1-25-14-17(23)13-22-21(24)12-20-18-8-4-2-6-15(18)10-11-16-7-3-5-9-19(16)20/h2-9,17,20,23H,10-14H2,1H3,(H,22,24). The fraction of sp³-hybridized carbons (Fsp3) is 0.381. The first-order chi connectivity index (χ1) is 12.2. The van der Waals surface area contributed by atoms with Gasteiger partial charge in [-0.1, -0.05) is 48.5 Å². The molecule has 1 aliphatic carbocycles. The van der Waals surface area contributed by atoms with Crippen LogP contribution in [0.3, 0.4) is 0 Å². The molecule has 4 nitrogen and oxygen atoms in total. The summed E-state index contributed by atoms with van der Waals surface area (Å²) in [6, 6.07) is 16.8. The quantitative estimate of drug-likeness (QED) is 0.850. The molecule has 2 aromatic rings. The number of methoxy groups -OCH3 is 1. The number of aryl methyl sites for hydroxylation is 2. The lowest BCUT2D eigenvalue weighted by molar-refractivity contribution is -0.121. The van der Waals surface area contributed by atoms with Crippen molar-refractivity contribution in [3.63, 3.8) is 0 Å². The maximum atomic E-state index is 12.5. The van der Waals surface area contributed by atoms with Gasteiger partial charge in [-0.2, -0.15) is 0 Å². The minimum absolute atomic E-state index is 0.0494. The Labute approximate surface area is 148 Å². The molecule has 1 unspecified atom stereocenters. The smallest absolute Gasteiger partial charge is 0.221 e. The molecule has 25 heavy (non-hydrogen) atoms. The van der Waals surface area contributed by atoms with Gasteiger partial charge in [0.05, 0.1) is 12.7 Å². The third-order valence-corrected chi connectivity index (χ3v) is 4.81. The zero-order valence-corrected chi connectivity index (χ0v) is 14.6. The fourth-order valence-electron chi connectivity index (χ4n) is 3.60. The predicted molar refractivity (Wildman–Crippen MR) is 97.6 cm³/mol. The highest BCUT2D eigenvalue weighted by molar-refractivity contribution is 5.78. The van der Waals surface area contributed by atoms with Crippen LogP contribution >= 0.6 is 0 Å². The first-order valence-electron chi connectivity index (χ1n) is 8.78. The van der Waals surface area contributed by atoms with Gasteiger partial charge in [0.25, 0.3) is 0 Å². The molecular weight excluding hydrogens is 314 g/mol. The lowest BCUT2D eigenvalue weighted by Crippen LogP contribution is -2.35. The molecule has 0 aromatic heterocycles. The van der Waals surface area contributed by atoms with Gasteiger partial charge in [0.1, 0.15) is 0 Å². The molecule has 2 aromatic carbocycles. The van der Waals surface area contributed by atoms with Crippen LogP contribution in [0.25, 0.3) is 0 Å². The first kappa shape index (κ1) is 17.6. The number of carbonyl (C=O) groups is 1. The molecule has 0 saturated heterocycles. The molecule has 2 N–H and O–H groups in total. The van der Waals surface area contributed by atoms with Crippen LogP contribution < -0.4 is 5.32 Å². The Morgan fingerprint density at radius 3 is 2.24 bits per heavy atom. The zero-order valence-electron chi connectivity index (χ0n) is 14.6. The molecule has 1 atom stereocenters. The van der Waals surface area contributed by atoms with E-state index in [0.29, 0.717) is 6.42 Å². The van der Waals surface area contributed by atoms with Crippen LogP contribution in [0.4, 0.5) is 0 Å². The Hall–Kier alpha value is -2.17. The first-order valence-corrected chi connectivity index (χ1v) is 8.78. The van der Waals surface area contributed by atoms with Crippen LogP contribution in [0, 0.1) is 0 Å². The minimum Gasteiger partial charge on any atom is -0.389 e. The highest BCUT2D eigenvalue weighted by Gasteiger charge is 2.25. The monoisotopic (exact) mass is 339 g/mol. The molecule has 0 radical (unpaired) electrons. The summed E-state index contributed by atoms with van der Waals surface area (Å²) in [4.78, 5) is 12.5. The number of benzene rings is 2. The average Bonchev–Trinajstić information content (AvgIpc) is 2.78. The van der Waals surface area contributed by atoms with Gasteiger partial charge in [-0.05, 0) is 35.1 Å². The van der Waals surface area contributed by atoms with Crippen molar-refractivity contribution in [3.8, 4) is 0 Å². The van der Waals surface area contributed by atoms with Gasteiger partial charge >= 0.3 is 0 Å². The van der Waals surface area contributed by atoms with Crippen LogP contribution in [0.2, 0.25) is 0 Å². The summed E-state index contributed by atoms with van der Waals surface area (Å²) in [6.07, 6.45) is 1.70. The Morgan fingerprint density at radius 1 is 1.12 bits per heavy atom. The second-order valence-electron chi connectivity index (χ2n) is 6.57. The van der Waals surface area contributed by atoms with Crippen molar-refractivity contribution in [1.29, 1.82) is 0 Å². The van der Waals surface area contributed by atoms with Gasteiger partial charge in [0, 0.05) is 26.0 Å². The van der Waals surface area contributed by atoms with Crippen LogP contribution in [-0.4, -0.2) is 37.4 Å². The van der Waals surface area contributed by atoms with Crippen molar-refractivity contribution in [3.05, 3.63) is 70.8 Å². The largest absolute Gasteiger partial charge is 0.389 e. The highest BCUT2D eigenvalue weighted by atomic mass is 16.5. The summed E-state index contributed by atoms with van der Waals surface area (Å²) in [7, 11) is 1.53. The van der Waals surface area contributed by atoms with E-state index >= 15 is 0 Å². The summed E-state index contributed by atoms with van der Waals surface area (Å²) in [5, 5.41) is 12.6. The summed E-state index contributed by atoms with van der Waals surface area (Å²) in [5.41, 5.74) is 5.10. The van der Waals surface area contributed by atoms with Crippen LogP contribution in [0.15, 0.2) is 48.5 Å². The van der Waals surface area contributed by atoms with E-state index in [9.17, 15) is 9.90 Å². The number of carbonyl (C=O) groups excluding carboxylic acids is 1. The van der Waals surface area contributed by atoms with Crippen molar-refractivity contribution < 1.29 is 14.6 Å². The predicted octanol–water partition coefficient (Wildman–Crippen LogP) is 2.43. The average molecular weight is 339 g/mol. The summed E-state index contributed by atoms with van der Waals surface area (Å²) in [5.74, 6) is 0.00104. The van der Waals surface area contributed by atoms with E-state index in [1.807, 2.05) is 12.1 Å². The molecule has 3 rings (SSSR count). The number of aliphatic hydroxyl groups is 1. The second-order valence-corrected chi connectivity index (χ2v) is 6.57. The number of hydrogen-bond acceptors (Lipinski definition) is 3. The molecule has 132 valence electrons. The topological polar surface area (TPSA) is 58.6 Å². The van der Waals surface area contributed by atoms with E-state index < -0.39 is 6.10 Å². The highest BCUT2D eigenvalue weighted by Crippen LogP contribution is 2.36. The maximum Gasteiger partial charge on any atom is 0.221 e. The van der Waals surface area contributed by atoms with E-state index in [-0.39, 0.29) is 25.0 Å². The van der Waals surface area contributed by atoms with E-state index in [1.54, 1.807) is 0 Å². The SMILES string of the molecule is COCC(O)CNC(=O)CC1c2ccccc2CCc2ccccc21. The van der Waals surface area contributed by atoms with Gasteiger partial charge in [0.15, 0.2) is 0 Å². The summed E-state index contributed by atoms with van der Waals surface area (Å²) < 4.78 is 4.89. The molecule has 1 amide bonds. The molecule has 0 spiro atoms. The maximum absolute atomic E-state index is 12.5. The van der Waals surface area contributed by atoms with Crippen molar-refractivity contribution in [2.24, 2.45) is 0 Å². The Balaban J connectivity index is 1.81. The summed E-state index contributed by atoms with van der Waals surface area (Å²) in [6.45, 7) is 0.429. The van der Waals surface area contributed by atoms with Gasteiger partial charge in [0.2, 0.25) is 5.91 Å². The van der Waals surface area contributed by atoms with Gasteiger partial charge in [-0.15, -0.1) is 0 Å². The number of rotatable bonds is 6. The number of nitrogens with one attached hydrogen (secondary N) is 1. The molecule has 0 saturated carbocycles. The Morgan fingerprint density at radius 2 is 1.68 bits per heavy atom. The normalized spacial score (nSPS) is 15.0. The number of aliphatic hydroxyl groups excluding tert-OH is 1. The van der Waals surface area contributed by atoms with Gasteiger partial charge in [-0.3, -0.25) is 4.79 Å². The molecule has 0 aliphatic heterocycles. The number of amides is 1. The van der Waals surface area contributed by atoms with Crippen molar-refractivity contribution >= 4 is 5.91 Å². The lowest BCUT2D eigenvalue weighted by Gasteiger charge is -2.20. The molecule has 1 aliphatic rings. The zero-order chi connectivity index (χ0) is 17.6. The summed E-state index contributed by atoms with van der Waals surface area (Å²) >= 11 is 0. The van der Waals surface area contributed by atoms with Gasteiger partial charge in [-0.25, -0.2) is 0 Å². The second kappa shape index (κ2) is 8.28. The van der Waals surface area contributed by atoms with Crippen molar-refractivity contribution in [1.82, 2.24) is 5.32 Å². The number of hydrogen-bond donors (Lipinski definition) is 2. The van der Waals surface area contributed by atoms with Gasteiger partial charge < -0.3 is 15.2 Å². The minimum atomic E-state index is -0.678. The van der Waals surface area contributed by atoms with E-state index in [1.165, 1.54) is 29.4 Å². The third-order valence-electron chi connectivity index (χ3n) is 4.81. The van der Waals surface area contributed by atoms with Crippen LogP contribution in [-0.2, 0) is 22.4 Å². The molecular formula is C21H25NO3. The van der Waals surface area contributed by atoms with E-state index in [4.69, 9.17) is 4.74 Å². The molecule has 0 bridgehead atoms. The van der Waals surface area contributed by atoms with E-state index in [2.05, 4.69) is 41.7 Å². The van der Waals surface area contributed by atoms with E-state index in [0.717, 1.165) is 12.8 Å². The van der Waals surface area contributed by atoms with Crippen molar-refractivity contribution in [2.45, 2.75) is 31.3 Å². The Bertz CT molecular complexity index is 681.